The maximum atomic E-state index is 13.1. The van der Waals surface area contributed by atoms with E-state index in [2.05, 4.69) is 4.72 Å². The molecule has 0 atom stereocenters. The molecule has 8 heteroatoms. The first kappa shape index (κ1) is 19.1. The summed E-state index contributed by atoms with van der Waals surface area (Å²) in [6.45, 7) is 2.11. The van der Waals surface area contributed by atoms with E-state index in [0.717, 1.165) is 11.3 Å². The van der Waals surface area contributed by atoms with Crippen LogP contribution < -0.4 is 14.4 Å². The fourth-order valence-corrected chi connectivity index (χ4v) is 4.73. The summed E-state index contributed by atoms with van der Waals surface area (Å²) in [5.41, 5.74) is 2.80. The van der Waals surface area contributed by atoms with Gasteiger partial charge in [-0.25, -0.2) is 8.42 Å². The van der Waals surface area contributed by atoms with E-state index in [1.165, 1.54) is 26.4 Å². The minimum absolute atomic E-state index is 0.0137. The SMILES string of the molecule is COc1ccc(-c2ccco2)cc1S(=O)(=O)Nc1ccc2c(c1)CCN2C(C)=O. The summed E-state index contributed by atoms with van der Waals surface area (Å²) in [7, 11) is -2.49. The highest BCUT2D eigenvalue weighted by Crippen LogP contribution is 2.34. The maximum Gasteiger partial charge on any atom is 0.265 e. The molecule has 0 aliphatic carbocycles. The first-order valence-corrected chi connectivity index (χ1v) is 10.5. The van der Waals surface area contributed by atoms with Crippen molar-refractivity contribution in [2.75, 3.05) is 23.3 Å². The summed E-state index contributed by atoms with van der Waals surface area (Å²) < 4.78 is 39.4. The number of hydrogen-bond acceptors (Lipinski definition) is 5. The molecule has 2 heterocycles. The average Bonchev–Trinajstić information content (AvgIpc) is 3.37. The monoisotopic (exact) mass is 412 g/mol. The first-order valence-electron chi connectivity index (χ1n) is 9.05. The summed E-state index contributed by atoms with van der Waals surface area (Å²) in [6.07, 6.45) is 2.21. The Morgan fingerprint density at radius 1 is 1.17 bits per heavy atom. The van der Waals surface area contributed by atoms with Gasteiger partial charge in [-0.15, -0.1) is 0 Å². The van der Waals surface area contributed by atoms with Gasteiger partial charge in [0.15, 0.2) is 0 Å². The molecule has 29 heavy (non-hydrogen) atoms. The van der Waals surface area contributed by atoms with Crippen LogP contribution in [0.15, 0.2) is 64.1 Å². The molecule has 4 rings (SSSR count). The quantitative estimate of drug-likeness (QED) is 0.691. The molecule has 0 unspecified atom stereocenters. The van der Waals surface area contributed by atoms with Crippen LogP contribution in [-0.2, 0) is 21.2 Å². The van der Waals surface area contributed by atoms with Gasteiger partial charge in [0.2, 0.25) is 5.91 Å². The highest BCUT2D eigenvalue weighted by atomic mass is 32.2. The van der Waals surface area contributed by atoms with Crippen molar-refractivity contribution >= 4 is 27.3 Å². The fourth-order valence-electron chi connectivity index (χ4n) is 3.49. The zero-order valence-corrected chi connectivity index (χ0v) is 16.8. The number of nitrogens with zero attached hydrogens (tertiary/aromatic N) is 1. The van der Waals surface area contributed by atoms with Crippen molar-refractivity contribution in [1.82, 2.24) is 0 Å². The van der Waals surface area contributed by atoms with E-state index in [0.29, 0.717) is 30.0 Å². The number of carbonyl (C=O) groups is 1. The van der Waals surface area contributed by atoms with Crippen LogP contribution in [-0.4, -0.2) is 28.0 Å². The third kappa shape index (κ3) is 3.58. The Labute approximate surface area is 169 Å². The average molecular weight is 412 g/mol. The fraction of sp³-hybridized carbons (Fsp3) is 0.190. The van der Waals surface area contributed by atoms with E-state index in [9.17, 15) is 13.2 Å². The summed E-state index contributed by atoms with van der Waals surface area (Å²) >= 11 is 0. The Morgan fingerprint density at radius 3 is 2.69 bits per heavy atom. The van der Waals surface area contributed by atoms with Gasteiger partial charge in [0.1, 0.15) is 16.4 Å². The molecule has 3 aromatic rings. The van der Waals surface area contributed by atoms with Crippen LogP contribution in [0.4, 0.5) is 11.4 Å². The number of ether oxygens (including phenoxy) is 1. The maximum absolute atomic E-state index is 13.1. The number of hydrogen-bond donors (Lipinski definition) is 1. The lowest BCUT2D eigenvalue weighted by atomic mass is 10.1. The van der Waals surface area contributed by atoms with Crippen LogP contribution in [0.25, 0.3) is 11.3 Å². The molecule has 0 saturated carbocycles. The number of anilines is 2. The topological polar surface area (TPSA) is 88.8 Å². The van der Waals surface area contributed by atoms with E-state index < -0.39 is 10.0 Å². The van der Waals surface area contributed by atoms with Gasteiger partial charge in [-0.05, 0) is 60.5 Å². The molecule has 1 aliphatic heterocycles. The minimum atomic E-state index is -3.91. The van der Waals surface area contributed by atoms with Gasteiger partial charge in [-0.2, -0.15) is 0 Å². The number of furan rings is 1. The lowest BCUT2D eigenvalue weighted by Crippen LogP contribution is -2.25. The Morgan fingerprint density at radius 2 is 2.00 bits per heavy atom. The number of nitrogens with one attached hydrogen (secondary N) is 1. The van der Waals surface area contributed by atoms with Gasteiger partial charge in [-0.3, -0.25) is 9.52 Å². The zero-order chi connectivity index (χ0) is 20.6. The molecule has 0 saturated heterocycles. The van der Waals surface area contributed by atoms with E-state index in [1.807, 2.05) is 0 Å². The van der Waals surface area contributed by atoms with Crippen molar-refractivity contribution < 1.29 is 22.4 Å². The normalized spacial score (nSPS) is 13.2. The molecule has 7 nitrogen and oxygen atoms in total. The Balaban J connectivity index is 1.68. The van der Waals surface area contributed by atoms with E-state index in [1.54, 1.807) is 47.4 Å². The number of fused-ring (bicyclic) bond motifs is 1. The molecule has 0 fully saturated rings. The Bertz CT molecular complexity index is 1170. The molecular formula is C21H20N2O5S. The van der Waals surface area contributed by atoms with Gasteiger partial charge in [0.05, 0.1) is 13.4 Å². The molecule has 1 aromatic heterocycles. The van der Waals surface area contributed by atoms with E-state index >= 15 is 0 Å². The summed E-state index contributed by atoms with van der Waals surface area (Å²) in [6, 6.07) is 13.5. The smallest absolute Gasteiger partial charge is 0.265 e. The number of amides is 1. The molecular weight excluding hydrogens is 392 g/mol. The largest absolute Gasteiger partial charge is 0.495 e. The first-order chi connectivity index (χ1) is 13.9. The molecule has 0 radical (unpaired) electrons. The summed E-state index contributed by atoms with van der Waals surface area (Å²) in [5, 5.41) is 0. The third-order valence-corrected chi connectivity index (χ3v) is 6.27. The predicted octanol–water partition coefficient (Wildman–Crippen LogP) is 3.67. The standard InChI is InChI=1S/C21H20N2O5S/c1-14(24)23-10-9-15-12-17(6-7-18(15)23)22-29(25,26)21-13-16(5-8-20(21)27-2)19-4-3-11-28-19/h3-8,11-13,22H,9-10H2,1-2H3. The summed E-state index contributed by atoms with van der Waals surface area (Å²) in [5.74, 6) is 0.763. The third-order valence-electron chi connectivity index (χ3n) is 4.87. The van der Waals surface area contributed by atoms with Crippen LogP contribution in [0.2, 0.25) is 0 Å². The second-order valence-corrected chi connectivity index (χ2v) is 8.36. The number of rotatable bonds is 5. The van der Waals surface area contributed by atoms with E-state index in [-0.39, 0.29) is 16.6 Å². The van der Waals surface area contributed by atoms with Crippen molar-refractivity contribution in [3.63, 3.8) is 0 Å². The minimum Gasteiger partial charge on any atom is -0.495 e. The van der Waals surface area contributed by atoms with Crippen molar-refractivity contribution in [3.8, 4) is 17.1 Å². The number of methoxy groups -OCH3 is 1. The van der Waals surface area contributed by atoms with Crippen molar-refractivity contribution in [2.45, 2.75) is 18.2 Å². The number of benzene rings is 2. The Hall–Kier alpha value is -3.26. The van der Waals surface area contributed by atoms with Gasteiger partial charge in [0.25, 0.3) is 10.0 Å². The van der Waals surface area contributed by atoms with Crippen LogP contribution in [0.3, 0.4) is 0 Å². The molecule has 150 valence electrons. The Kier molecular flexibility index (Phi) is 4.79. The van der Waals surface area contributed by atoms with Crippen LogP contribution in [0, 0.1) is 0 Å². The van der Waals surface area contributed by atoms with Gasteiger partial charge >= 0.3 is 0 Å². The zero-order valence-electron chi connectivity index (χ0n) is 16.0. The van der Waals surface area contributed by atoms with Crippen LogP contribution in [0.1, 0.15) is 12.5 Å². The van der Waals surface area contributed by atoms with Crippen LogP contribution in [0.5, 0.6) is 5.75 Å². The molecule has 0 bridgehead atoms. The molecule has 1 amide bonds. The molecule has 1 aliphatic rings. The van der Waals surface area contributed by atoms with Crippen molar-refractivity contribution in [2.24, 2.45) is 0 Å². The molecule has 2 aromatic carbocycles. The highest BCUT2D eigenvalue weighted by Gasteiger charge is 2.25. The number of sulfonamides is 1. The lowest BCUT2D eigenvalue weighted by Gasteiger charge is -2.16. The second kappa shape index (κ2) is 7.29. The summed E-state index contributed by atoms with van der Waals surface area (Å²) in [4.78, 5) is 13.4. The van der Waals surface area contributed by atoms with Crippen LogP contribution >= 0.6 is 0 Å². The predicted molar refractivity (Wildman–Crippen MR) is 110 cm³/mol. The second-order valence-electron chi connectivity index (χ2n) is 6.71. The van der Waals surface area contributed by atoms with Gasteiger partial charge in [-0.1, -0.05) is 0 Å². The lowest BCUT2D eigenvalue weighted by molar-refractivity contribution is -0.116. The molecule has 1 N–H and O–H groups in total. The van der Waals surface area contributed by atoms with Crippen molar-refractivity contribution in [1.29, 1.82) is 0 Å². The van der Waals surface area contributed by atoms with E-state index in [4.69, 9.17) is 9.15 Å². The van der Waals surface area contributed by atoms with Gasteiger partial charge in [0, 0.05) is 30.4 Å². The molecule has 0 spiro atoms. The van der Waals surface area contributed by atoms with Crippen molar-refractivity contribution in [3.05, 3.63) is 60.4 Å². The highest BCUT2D eigenvalue weighted by molar-refractivity contribution is 7.92. The van der Waals surface area contributed by atoms with Gasteiger partial charge < -0.3 is 14.1 Å². The number of carbonyl (C=O) groups excluding carboxylic acids is 1.